The minimum atomic E-state index is -4.23. The largest absolute Gasteiger partial charge is 0.411 e. The van der Waals surface area contributed by atoms with E-state index in [1.807, 2.05) is 6.92 Å². The molecule has 0 aromatic carbocycles. The Hall–Kier alpha value is -0.550. The Labute approximate surface area is 75.8 Å². The van der Waals surface area contributed by atoms with Crippen LogP contribution < -0.4 is 5.32 Å². The zero-order valence-corrected chi connectivity index (χ0v) is 7.58. The van der Waals surface area contributed by atoms with Crippen molar-refractivity contribution in [2.75, 3.05) is 26.3 Å². The van der Waals surface area contributed by atoms with Crippen molar-refractivity contribution in [3.05, 3.63) is 12.2 Å². The molecule has 0 rings (SSSR count). The fraction of sp³-hybridized carbons (Fsp3) is 0.750. The average Bonchev–Trinajstić information content (AvgIpc) is 1.93. The average molecular weight is 197 g/mol. The zero-order valence-electron chi connectivity index (χ0n) is 7.58. The van der Waals surface area contributed by atoms with Crippen LogP contribution in [-0.4, -0.2) is 32.5 Å². The van der Waals surface area contributed by atoms with Gasteiger partial charge in [0.2, 0.25) is 0 Å². The lowest BCUT2D eigenvalue weighted by Gasteiger charge is -2.08. The molecule has 0 heterocycles. The molecule has 78 valence electrons. The summed E-state index contributed by atoms with van der Waals surface area (Å²) in [5.74, 6) is 0. The van der Waals surface area contributed by atoms with Crippen molar-refractivity contribution in [1.82, 2.24) is 5.32 Å². The van der Waals surface area contributed by atoms with Crippen LogP contribution >= 0.6 is 0 Å². The van der Waals surface area contributed by atoms with Crippen molar-refractivity contribution < 1.29 is 17.9 Å². The van der Waals surface area contributed by atoms with Gasteiger partial charge in [0.25, 0.3) is 0 Å². The number of alkyl halides is 3. The molecule has 5 heteroatoms. The number of halogens is 3. The smallest absolute Gasteiger partial charge is 0.371 e. The summed E-state index contributed by atoms with van der Waals surface area (Å²) in [6.07, 6.45) is -4.23. The molecule has 0 aliphatic heterocycles. The molecule has 1 N–H and O–H groups in total. The summed E-state index contributed by atoms with van der Waals surface area (Å²) < 4.78 is 39.0. The lowest BCUT2D eigenvalue weighted by molar-refractivity contribution is -0.173. The van der Waals surface area contributed by atoms with Gasteiger partial charge in [-0.05, 0) is 6.92 Å². The summed E-state index contributed by atoms with van der Waals surface area (Å²) in [4.78, 5) is 0. The molecule has 2 nitrogen and oxygen atoms in total. The maximum absolute atomic E-state index is 11.5. The van der Waals surface area contributed by atoms with Crippen molar-refractivity contribution in [2.24, 2.45) is 0 Å². The summed E-state index contributed by atoms with van der Waals surface area (Å²) in [6, 6.07) is 0. The van der Waals surface area contributed by atoms with Crippen molar-refractivity contribution in [3.8, 4) is 0 Å². The Balaban J connectivity index is 3.13. The van der Waals surface area contributed by atoms with Crippen LogP contribution in [0.1, 0.15) is 6.92 Å². The van der Waals surface area contributed by atoms with Crippen LogP contribution in [0.2, 0.25) is 0 Å². The fourth-order valence-corrected chi connectivity index (χ4v) is 0.634. The van der Waals surface area contributed by atoms with E-state index in [1.165, 1.54) is 0 Å². The molecule has 0 radical (unpaired) electrons. The van der Waals surface area contributed by atoms with Gasteiger partial charge in [-0.3, -0.25) is 0 Å². The number of hydrogen-bond donors (Lipinski definition) is 1. The first-order valence-electron chi connectivity index (χ1n) is 3.91. The predicted molar refractivity (Wildman–Crippen MR) is 44.6 cm³/mol. The molecule has 0 atom stereocenters. The Morgan fingerprint density at radius 3 is 2.54 bits per heavy atom. The third-order valence-corrected chi connectivity index (χ3v) is 1.12. The second kappa shape index (κ2) is 5.99. The lowest BCUT2D eigenvalue weighted by Crippen LogP contribution is -2.24. The van der Waals surface area contributed by atoms with Crippen molar-refractivity contribution in [1.29, 1.82) is 0 Å². The van der Waals surface area contributed by atoms with Gasteiger partial charge in [-0.15, -0.1) is 0 Å². The molecule has 0 unspecified atom stereocenters. The molecule has 0 saturated heterocycles. The first-order chi connectivity index (χ1) is 5.92. The first-order valence-corrected chi connectivity index (χ1v) is 3.91. The van der Waals surface area contributed by atoms with Gasteiger partial charge in [0.05, 0.1) is 6.61 Å². The van der Waals surface area contributed by atoms with E-state index in [-0.39, 0.29) is 6.61 Å². The van der Waals surface area contributed by atoms with Crippen LogP contribution in [-0.2, 0) is 4.74 Å². The van der Waals surface area contributed by atoms with E-state index in [9.17, 15) is 13.2 Å². The van der Waals surface area contributed by atoms with E-state index in [0.717, 1.165) is 5.57 Å². The molecule has 0 fully saturated rings. The molecule has 0 bridgehead atoms. The molecule has 0 saturated carbocycles. The monoisotopic (exact) mass is 197 g/mol. The number of hydrogen-bond acceptors (Lipinski definition) is 2. The topological polar surface area (TPSA) is 21.3 Å². The van der Waals surface area contributed by atoms with Gasteiger partial charge in [-0.2, -0.15) is 13.2 Å². The van der Waals surface area contributed by atoms with Crippen LogP contribution in [0.15, 0.2) is 12.2 Å². The zero-order chi connectivity index (χ0) is 10.3. The maximum Gasteiger partial charge on any atom is 0.411 e. The fourth-order valence-electron chi connectivity index (χ4n) is 0.634. The standard InChI is InChI=1S/C8H14F3NO/c1-7(2)5-12-3-4-13-6-8(9,10)11/h12H,1,3-6H2,2H3. The van der Waals surface area contributed by atoms with Crippen LogP contribution in [0.4, 0.5) is 13.2 Å². The SMILES string of the molecule is C=C(C)CNCCOCC(F)(F)F. The minimum Gasteiger partial charge on any atom is -0.371 e. The Morgan fingerprint density at radius 1 is 1.46 bits per heavy atom. The summed E-state index contributed by atoms with van der Waals surface area (Å²) >= 11 is 0. The van der Waals surface area contributed by atoms with E-state index >= 15 is 0 Å². The third kappa shape index (κ3) is 11.5. The van der Waals surface area contributed by atoms with Gasteiger partial charge >= 0.3 is 6.18 Å². The quantitative estimate of drug-likeness (QED) is 0.517. The highest BCUT2D eigenvalue weighted by atomic mass is 19.4. The molecule has 0 aliphatic carbocycles. The number of nitrogens with one attached hydrogen (secondary N) is 1. The summed E-state index contributed by atoms with van der Waals surface area (Å²) in [7, 11) is 0. The molecule has 0 aromatic rings. The summed E-state index contributed by atoms with van der Waals surface area (Å²) in [5, 5.41) is 2.88. The third-order valence-electron chi connectivity index (χ3n) is 1.12. The van der Waals surface area contributed by atoms with E-state index in [0.29, 0.717) is 13.1 Å². The van der Waals surface area contributed by atoms with E-state index in [4.69, 9.17) is 0 Å². The second-order valence-corrected chi connectivity index (χ2v) is 2.80. The van der Waals surface area contributed by atoms with E-state index < -0.39 is 12.8 Å². The number of ether oxygens (including phenoxy) is 1. The van der Waals surface area contributed by atoms with Crippen molar-refractivity contribution >= 4 is 0 Å². The van der Waals surface area contributed by atoms with Crippen molar-refractivity contribution in [3.63, 3.8) is 0 Å². The van der Waals surface area contributed by atoms with Crippen LogP contribution in [0.3, 0.4) is 0 Å². The lowest BCUT2D eigenvalue weighted by atomic mass is 10.3. The van der Waals surface area contributed by atoms with Crippen molar-refractivity contribution in [2.45, 2.75) is 13.1 Å². The molecular weight excluding hydrogens is 183 g/mol. The van der Waals surface area contributed by atoms with E-state index in [2.05, 4.69) is 16.6 Å². The van der Waals surface area contributed by atoms with Crippen LogP contribution in [0.25, 0.3) is 0 Å². The second-order valence-electron chi connectivity index (χ2n) is 2.80. The maximum atomic E-state index is 11.5. The molecular formula is C8H14F3NO. The van der Waals surface area contributed by atoms with Gasteiger partial charge in [0.15, 0.2) is 0 Å². The normalized spacial score (nSPS) is 11.7. The van der Waals surface area contributed by atoms with Gasteiger partial charge < -0.3 is 10.1 Å². The first kappa shape index (κ1) is 12.4. The highest BCUT2D eigenvalue weighted by molar-refractivity contribution is 4.90. The number of rotatable bonds is 6. The predicted octanol–water partition coefficient (Wildman–Crippen LogP) is 1.73. The minimum absolute atomic E-state index is 0.0623. The Bertz CT molecular complexity index is 156. The Morgan fingerprint density at radius 2 is 2.08 bits per heavy atom. The molecule has 13 heavy (non-hydrogen) atoms. The van der Waals surface area contributed by atoms with Crippen LogP contribution in [0.5, 0.6) is 0 Å². The van der Waals surface area contributed by atoms with E-state index in [1.54, 1.807) is 0 Å². The molecule has 0 aromatic heterocycles. The molecule has 0 spiro atoms. The Kier molecular flexibility index (Phi) is 5.73. The summed E-state index contributed by atoms with van der Waals surface area (Å²) in [6.45, 7) is 5.36. The highest BCUT2D eigenvalue weighted by Gasteiger charge is 2.26. The van der Waals surface area contributed by atoms with Gasteiger partial charge in [0.1, 0.15) is 6.61 Å². The summed E-state index contributed by atoms with van der Waals surface area (Å²) in [5.41, 5.74) is 0.941. The van der Waals surface area contributed by atoms with Gasteiger partial charge in [-0.25, -0.2) is 0 Å². The highest BCUT2D eigenvalue weighted by Crippen LogP contribution is 2.13. The van der Waals surface area contributed by atoms with Gasteiger partial charge in [-0.1, -0.05) is 12.2 Å². The molecule has 0 aliphatic rings. The molecule has 0 amide bonds. The van der Waals surface area contributed by atoms with Gasteiger partial charge in [0, 0.05) is 13.1 Å². The van der Waals surface area contributed by atoms with Crippen LogP contribution in [0, 0.1) is 0 Å².